The third-order valence-electron chi connectivity index (χ3n) is 2.19. The van der Waals surface area contributed by atoms with Gasteiger partial charge in [-0.3, -0.25) is 10.5 Å². The molecule has 0 atom stereocenters. The molecule has 9 heteroatoms. The van der Waals surface area contributed by atoms with Gasteiger partial charge in [0.2, 0.25) is 5.95 Å². The number of fused-ring (bicyclic) bond motifs is 1. The summed E-state index contributed by atoms with van der Waals surface area (Å²) in [6.45, 7) is 0. The Morgan fingerprint density at radius 2 is 2.24 bits per heavy atom. The second-order valence-electron chi connectivity index (χ2n) is 3.25. The molecule has 0 aliphatic carbocycles. The van der Waals surface area contributed by atoms with Crippen LogP contribution in [0.5, 0.6) is 0 Å². The molecule has 0 spiro atoms. The number of halogens is 1. The number of hydrazine groups is 1. The zero-order valence-corrected chi connectivity index (χ0v) is 10.0. The number of hydrogen-bond acceptors (Lipinski definition) is 6. The van der Waals surface area contributed by atoms with E-state index in [-0.39, 0.29) is 0 Å². The van der Waals surface area contributed by atoms with E-state index in [0.717, 1.165) is 9.86 Å². The summed E-state index contributed by atoms with van der Waals surface area (Å²) in [5, 5.41) is 11.6. The molecular formula is C8H7BrN8. The normalized spacial score (nSPS) is 10.9. The van der Waals surface area contributed by atoms with E-state index in [1.807, 2.05) is 0 Å². The van der Waals surface area contributed by atoms with Crippen molar-refractivity contribution in [2.24, 2.45) is 5.84 Å². The molecule has 0 aliphatic rings. The van der Waals surface area contributed by atoms with E-state index in [2.05, 4.69) is 46.6 Å². The molecule has 0 aliphatic heterocycles. The predicted molar refractivity (Wildman–Crippen MR) is 64.3 cm³/mol. The van der Waals surface area contributed by atoms with E-state index < -0.39 is 0 Å². The minimum Gasteiger partial charge on any atom is -0.292 e. The molecule has 17 heavy (non-hydrogen) atoms. The van der Waals surface area contributed by atoms with Gasteiger partial charge in [0.15, 0.2) is 11.5 Å². The fourth-order valence-electron chi connectivity index (χ4n) is 1.48. The van der Waals surface area contributed by atoms with Gasteiger partial charge in [-0.25, -0.2) is 10.5 Å². The Kier molecular flexibility index (Phi) is 2.27. The van der Waals surface area contributed by atoms with E-state index in [1.54, 1.807) is 23.3 Å². The summed E-state index contributed by atoms with van der Waals surface area (Å²) < 4.78 is 2.47. The molecule has 0 saturated carbocycles. The topological polar surface area (TPSA) is 110 Å². The quantitative estimate of drug-likeness (QED) is 0.471. The molecule has 86 valence electrons. The highest BCUT2D eigenvalue weighted by Crippen LogP contribution is 2.19. The first-order chi connectivity index (χ1) is 8.28. The van der Waals surface area contributed by atoms with Crippen LogP contribution in [0.4, 0.5) is 5.95 Å². The molecule has 8 nitrogen and oxygen atoms in total. The van der Waals surface area contributed by atoms with Crippen LogP contribution in [-0.4, -0.2) is 29.9 Å². The number of H-pyrrole nitrogens is 1. The van der Waals surface area contributed by atoms with Gasteiger partial charge < -0.3 is 0 Å². The van der Waals surface area contributed by atoms with E-state index in [0.29, 0.717) is 17.4 Å². The van der Waals surface area contributed by atoms with E-state index in [1.165, 1.54) is 0 Å². The van der Waals surface area contributed by atoms with Gasteiger partial charge in [-0.1, -0.05) is 0 Å². The molecule has 3 aromatic heterocycles. The highest BCUT2D eigenvalue weighted by atomic mass is 79.9. The van der Waals surface area contributed by atoms with Crippen molar-refractivity contribution in [2.75, 3.05) is 5.43 Å². The smallest absolute Gasteiger partial charge is 0.241 e. The Morgan fingerprint density at radius 3 is 2.94 bits per heavy atom. The fraction of sp³-hybridized carbons (Fsp3) is 0. The minimum absolute atomic E-state index is 0.295. The van der Waals surface area contributed by atoms with Crippen molar-refractivity contribution in [1.82, 2.24) is 29.9 Å². The molecular weight excluding hydrogens is 288 g/mol. The van der Waals surface area contributed by atoms with Crippen LogP contribution < -0.4 is 11.3 Å². The lowest BCUT2D eigenvalue weighted by Crippen LogP contribution is -2.12. The highest BCUT2D eigenvalue weighted by molar-refractivity contribution is 9.10. The van der Waals surface area contributed by atoms with Crippen molar-refractivity contribution in [3.8, 4) is 5.82 Å². The Morgan fingerprint density at radius 1 is 1.35 bits per heavy atom. The summed E-state index contributed by atoms with van der Waals surface area (Å²) in [5.41, 5.74) is 3.00. The van der Waals surface area contributed by atoms with Gasteiger partial charge in [-0.2, -0.15) is 20.2 Å². The fourth-order valence-corrected chi connectivity index (χ4v) is 1.76. The van der Waals surface area contributed by atoms with Crippen molar-refractivity contribution in [2.45, 2.75) is 0 Å². The van der Waals surface area contributed by atoms with Gasteiger partial charge in [-0.05, 0) is 15.9 Å². The second kappa shape index (κ2) is 3.79. The number of anilines is 1. The maximum Gasteiger partial charge on any atom is 0.241 e. The van der Waals surface area contributed by atoms with Crippen LogP contribution in [0.1, 0.15) is 0 Å². The van der Waals surface area contributed by atoms with Gasteiger partial charge in [0.05, 0.1) is 22.3 Å². The molecule has 3 aromatic rings. The molecule has 3 heterocycles. The molecule has 4 N–H and O–H groups in total. The van der Waals surface area contributed by atoms with Gasteiger partial charge >= 0.3 is 0 Å². The van der Waals surface area contributed by atoms with Crippen LogP contribution in [0.2, 0.25) is 0 Å². The molecule has 0 radical (unpaired) electrons. The summed E-state index contributed by atoms with van der Waals surface area (Å²) in [6, 6.07) is 0. The molecule has 0 unspecified atom stereocenters. The SMILES string of the molecule is NNc1nc(-n2cc(Br)cn2)c2cn[nH]c2n1. The maximum absolute atomic E-state index is 5.31. The number of nitrogens with one attached hydrogen (secondary N) is 2. The second-order valence-corrected chi connectivity index (χ2v) is 4.17. The summed E-state index contributed by atoms with van der Waals surface area (Å²) in [5.74, 6) is 6.21. The summed E-state index contributed by atoms with van der Waals surface area (Å²) >= 11 is 3.33. The number of aromatic amines is 1. The van der Waals surface area contributed by atoms with Crippen LogP contribution in [0.15, 0.2) is 23.1 Å². The van der Waals surface area contributed by atoms with Crippen LogP contribution in [0.25, 0.3) is 16.9 Å². The van der Waals surface area contributed by atoms with Gasteiger partial charge in [-0.15, -0.1) is 0 Å². The first-order valence-corrected chi connectivity index (χ1v) is 5.45. The van der Waals surface area contributed by atoms with Crippen molar-refractivity contribution >= 4 is 32.9 Å². The zero-order chi connectivity index (χ0) is 11.8. The Bertz CT molecular complexity index is 671. The molecule has 0 saturated heterocycles. The molecule has 0 fully saturated rings. The van der Waals surface area contributed by atoms with Gasteiger partial charge in [0.25, 0.3) is 0 Å². The Balaban J connectivity index is 2.29. The van der Waals surface area contributed by atoms with Crippen LogP contribution >= 0.6 is 15.9 Å². The lowest BCUT2D eigenvalue weighted by Gasteiger charge is -2.04. The monoisotopic (exact) mass is 294 g/mol. The average Bonchev–Trinajstić information content (AvgIpc) is 2.95. The van der Waals surface area contributed by atoms with Crippen molar-refractivity contribution in [1.29, 1.82) is 0 Å². The third kappa shape index (κ3) is 1.65. The molecule has 0 aromatic carbocycles. The summed E-state index contributed by atoms with van der Waals surface area (Å²) in [7, 11) is 0. The van der Waals surface area contributed by atoms with Crippen LogP contribution in [0, 0.1) is 0 Å². The van der Waals surface area contributed by atoms with Crippen molar-refractivity contribution in [3.63, 3.8) is 0 Å². The van der Waals surface area contributed by atoms with Crippen molar-refractivity contribution in [3.05, 3.63) is 23.1 Å². The van der Waals surface area contributed by atoms with Gasteiger partial charge in [0, 0.05) is 6.20 Å². The zero-order valence-electron chi connectivity index (χ0n) is 8.42. The predicted octanol–water partition coefficient (Wildman–Crippen LogP) is 0.587. The average molecular weight is 295 g/mol. The summed E-state index contributed by atoms with van der Waals surface area (Å²) in [6.07, 6.45) is 5.10. The molecule has 0 bridgehead atoms. The van der Waals surface area contributed by atoms with Gasteiger partial charge in [0.1, 0.15) is 0 Å². The standard InChI is InChI=1S/C8H7BrN8/c9-4-1-12-17(3-4)7-5-2-11-16-6(5)13-8(14-7)15-10/h1-3H,10H2,(H2,11,13,14,15,16). The molecule has 0 amide bonds. The van der Waals surface area contributed by atoms with Crippen LogP contribution in [0.3, 0.4) is 0 Å². The maximum atomic E-state index is 5.31. The van der Waals surface area contributed by atoms with E-state index in [4.69, 9.17) is 5.84 Å². The Labute approximate surface area is 103 Å². The number of rotatable bonds is 2. The number of nitrogen functional groups attached to an aromatic ring is 1. The van der Waals surface area contributed by atoms with Crippen molar-refractivity contribution < 1.29 is 0 Å². The molecule has 3 rings (SSSR count). The lowest BCUT2D eigenvalue weighted by atomic mass is 10.4. The third-order valence-corrected chi connectivity index (χ3v) is 2.60. The minimum atomic E-state index is 0.295. The first-order valence-electron chi connectivity index (χ1n) is 4.66. The summed E-state index contributed by atoms with van der Waals surface area (Å²) in [4.78, 5) is 8.38. The number of nitrogens with two attached hydrogens (primary N) is 1. The Hall–Kier alpha value is -2.00. The largest absolute Gasteiger partial charge is 0.292 e. The number of aromatic nitrogens is 6. The number of nitrogens with zero attached hydrogens (tertiary/aromatic N) is 5. The lowest BCUT2D eigenvalue weighted by molar-refractivity contribution is 0.851. The van der Waals surface area contributed by atoms with Crippen LogP contribution in [-0.2, 0) is 0 Å². The number of hydrogen-bond donors (Lipinski definition) is 3. The van der Waals surface area contributed by atoms with E-state index in [9.17, 15) is 0 Å². The van der Waals surface area contributed by atoms with E-state index >= 15 is 0 Å². The first kappa shape index (κ1) is 10.2. The highest BCUT2D eigenvalue weighted by Gasteiger charge is 2.11.